The van der Waals surface area contributed by atoms with Crippen molar-refractivity contribution in [3.63, 3.8) is 0 Å². The Morgan fingerprint density at radius 1 is 0.865 bits per heavy atom. The molecular weight excluding hydrogens is 464 g/mol. The number of carbonyl (C=O) groups excluding carboxylic acids is 1. The molecule has 5 heteroatoms. The molecule has 0 N–H and O–H groups in total. The van der Waals surface area contributed by atoms with E-state index in [1.165, 1.54) is 6.07 Å². The summed E-state index contributed by atoms with van der Waals surface area (Å²) in [4.78, 5) is 24.0. The molecular formula is C32H28O5. The van der Waals surface area contributed by atoms with Gasteiger partial charge in [0, 0.05) is 35.1 Å². The fourth-order valence-corrected chi connectivity index (χ4v) is 4.41. The first-order valence-electron chi connectivity index (χ1n) is 12.4. The fraction of sp³-hybridized carbons (Fsp3) is 0.188. The summed E-state index contributed by atoms with van der Waals surface area (Å²) in [7, 11) is 0. The van der Waals surface area contributed by atoms with Gasteiger partial charge < -0.3 is 13.9 Å². The van der Waals surface area contributed by atoms with E-state index < -0.39 is 0 Å². The predicted molar refractivity (Wildman–Crippen MR) is 145 cm³/mol. The van der Waals surface area contributed by atoms with Crippen molar-refractivity contribution < 1.29 is 18.7 Å². The highest BCUT2D eigenvalue weighted by Gasteiger charge is 2.19. The van der Waals surface area contributed by atoms with Crippen molar-refractivity contribution in [3.8, 4) is 33.9 Å². The van der Waals surface area contributed by atoms with E-state index in [1.807, 2.05) is 62.4 Å². The Morgan fingerprint density at radius 2 is 1.62 bits per heavy atom. The fourth-order valence-electron chi connectivity index (χ4n) is 4.41. The van der Waals surface area contributed by atoms with E-state index in [1.54, 1.807) is 18.2 Å². The number of aryl methyl sites for hydroxylation is 1. The van der Waals surface area contributed by atoms with E-state index in [4.69, 9.17) is 13.9 Å². The summed E-state index contributed by atoms with van der Waals surface area (Å²) in [5, 5.41) is 0.945. The Bertz CT molecular complexity index is 1590. The average Bonchev–Trinajstić information content (AvgIpc) is 2.86. The van der Waals surface area contributed by atoms with Gasteiger partial charge in [-0.25, -0.2) is 0 Å². The molecule has 0 amide bonds. The molecule has 1 aliphatic carbocycles. The van der Waals surface area contributed by atoms with Crippen LogP contribution in [0, 0.1) is 12.8 Å². The lowest BCUT2D eigenvalue weighted by molar-refractivity contribution is -0.135. The van der Waals surface area contributed by atoms with Crippen LogP contribution >= 0.6 is 0 Å². The van der Waals surface area contributed by atoms with Crippen LogP contribution in [-0.4, -0.2) is 5.97 Å². The number of carbonyl (C=O) groups is 1. The van der Waals surface area contributed by atoms with Crippen LogP contribution in [0.15, 0.2) is 94.1 Å². The second-order valence-electron chi connectivity index (χ2n) is 9.61. The Balaban J connectivity index is 1.42. The molecule has 0 bridgehead atoms. The third-order valence-electron chi connectivity index (χ3n) is 6.21. The maximum atomic E-state index is 12.1. The van der Waals surface area contributed by atoms with Crippen molar-refractivity contribution in [1.82, 2.24) is 0 Å². The van der Waals surface area contributed by atoms with Crippen molar-refractivity contribution >= 4 is 16.9 Å². The van der Waals surface area contributed by atoms with Gasteiger partial charge in [0.15, 0.2) is 5.43 Å². The molecule has 0 unspecified atom stereocenters. The molecule has 5 nitrogen and oxygen atoms in total. The van der Waals surface area contributed by atoms with Crippen LogP contribution in [0.2, 0.25) is 0 Å². The Hall–Kier alpha value is -4.38. The Labute approximate surface area is 215 Å². The minimum absolute atomic E-state index is 0.0999. The molecule has 0 radical (unpaired) electrons. The summed E-state index contributed by atoms with van der Waals surface area (Å²) >= 11 is 0. The van der Waals surface area contributed by atoms with E-state index in [9.17, 15) is 9.59 Å². The average molecular weight is 493 g/mol. The number of hydrogen-bond donors (Lipinski definition) is 0. The molecule has 0 fully saturated rings. The largest absolute Gasteiger partial charge is 0.489 e. The van der Waals surface area contributed by atoms with E-state index >= 15 is 0 Å². The number of ether oxygens (including phenoxy) is 2. The summed E-state index contributed by atoms with van der Waals surface area (Å²) in [5.74, 6) is 1.73. The molecule has 3 aromatic rings. The molecule has 186 valence electrons. The van der Waals surface area contributed by atoms with Crippen LogP contribution in [0.3, 0.4) is 0 Å². The second-order valence-corrected chi connectivity index (χ2v) is 9.61. The molecule has 3 aromatic carbocycles. The number of esters is 1. The van der Waals surface area contributed by atoms with Gasteiger partial charge in [0.2, 0.25) is 0 Å². The summed E-state index contributed by atoms with van der Waals surface area (Å²) in [5.41, 5.74) is 5.64. The number of hydrogen-bond acceptors (Lipinski definition) is 5. The Kier molecular flexibility index (Phi) is 6.78. The van der Waals surface area contributed by atoms with E-state index in [0.717, 1.165) is 33.2 Å². The zero-order valence-corrected chi connectivity index (χ0v) is 21.1. The van der Waals surface area contributed by atoms with E-state index in [2.05, 4.69) is 19.1 Å². The van der Waals surface area contributed by atoms with Gasteiger partial charge in [0.05, 0.1) is 0 Å². The van der Waals surface area contributed by atoms with Crippen LogP contribution < -0.4 is 14.9 Å². The molecule has 2 aliphatic rings. The van der Waals surface area contributed by atoms with Gasteiger partial charge >= 0.3 is 5.97 Å². The van der Waals surface area contributed by atoms with E-state index in [0.29, 0.717) is 35.9 Å². The number of rotatable bonds is 7. The lowest BCUT2D eigenvalue weighted by Gasteiger charge is -2.17. The predicted octanol–water partition coefficient (Wildman–Crippen LogP) is 7.40. The topological polar surface area (TPSA) is 65.7 Å². The first-order chi connectivity index (χ1) is 17.9. The molecule has 0 saturated carbocycles. The van der Waals surface area contributed by atoms with Crippen LogP contribution in [0.25, 0.3) is 33.4 Å². The maximum absolute atomic E-state index is 12.1. The quantitative estimate of drug-likeness (QED) is 0.134. The van der Waals surface area contributed by atoms with Crippen molar-refractivity contribution in [2.24, 2.45) is 5.92 Å². The monoisotopic (exact) mass is 492 g/mol. The van der Waals surface area contributed by atoms with Gasteiger partial charge in [-0.2, -0.15) is 0 Å². The smallest absolute Gasteiger partial charge is 0.311 e. The lowest BCUT2D eigenvalue weighted by Crippen LogP contribution is -2.10. The van der Waals surface area contributed by atoms with Crippen LogP contribution in [-0.2, 0) is 11.4 Å². The van der Waals surface area contributed by atoms with Crippen molar-refractivity contribution in [2.75, 3.05) is 0 Å². The SMILES string of the molecule is Cc1ccccc1-c1c2ccc(=O)cc-2oc2cc(OCc3ccc(OC(=O)CC(C)C)cc3)ccc12. The van der Waals surface area contributed by atoms with Gasteiger partial charge in [0.25, 0.3) is 0 Å². The third-order valence-corrected chi connectivity index (χ3v) is 6.21. The van der Waals surface area contributed by atoms with Gasteiger partial charge in [-0.1, -0.05) is 50.2 Å². The normalized spacial score (nSPS) is 11.2. The zero-order valence-electron chi connectivity index (χ0n) is 21.1. The van der Waals surface area contributed by atoms with Crippen molar-refractivity contribution in [1.29, 1.82) is 0 Å². The highest BCUT2D eigenvalue weighted by molar-refractivity contribution is 6.02. The highest BCUT2D eigenvalue weighted by atomic mass is 16.5. The van der Waals surface area contributed by atoms with Crippen LogP contribution in [0.1, 0.15) is 31.4 Å². The van der Waals surface area contributed by atoms with E-state index in [-0.39, 0.29) is 17.3 Å². The molecule has 5 rings (SSSR count). The molecule has 1 heterocycles. The lowest BCUT2D eigenvalue weighted by atomic mass is 9.91. The van der Waals surface area contributed by atoms with Gasteiger partial charge in [-0.3, -0.25) is 9.59 Å². The summed E-state index contributed by atoms with van der Waals surface area (Å²) in [6.07, 6.45) is 0.384. The molecule has 0 aromatic heterocycles. The minimum Gasteiger partial charge on any atom is -0.489 e. The molecule has 0 atom stereocenters. The second kappa shape index (κ2) is 10.3. The van der Waals surface area contributed by atoms with Crippen LogP contribution in [0.5, 0.6) is 11.5 Å². The zero-order chi connectivity index (χ0) is 25.9. The first-order valence-corrected chi connectivity index (χ1v) is 12.4. The van der Waals surface area contributed by atoms with Gasteiger partial charge in [-0.15, -0.1) is 0 Å². The number of benzene rings is 4. The summed E-state index contributed by atoms with van der Waals surface area (Å²) < 4.78 is 17.6. The molecule has 0 saturated heterocycles. The number of fused-ring (bicyclic) bond motifs is 2. The highest BCUT2D eigenvalue weighted by Crippen LogP contribution is 2.41. The summed E-state index contributed by atoms with van der Waals surface area (Å²) in [6, 6.07) is 26.2. The third kappa shape index (κ3) is 5.41. The first kappa shape index (κ1) is 24.3. The molecule has 37 heavy (non-hydrogen) atoms. The molecule has 0 spiro atoms. The van der Waals surface area contributed by atoms with Crippen LogP contribution in [0.4, 0.5) is 0 Å². The minimum atomic E-state index is -0.236. The van der Waals surface area contributed by atoms with Crippen molar-refractivity contribution in [2.45, 2.75) is 33.8 Å². The summed E-state index contributed by atoms with van der Waals surface area (Å²) in [6.45, 7) is 6.38. The van der Waals surface area contributed by atoms with Crippen molar-refractivity contribution in [3.05, 3.63) is 106 Å². The standard InChI is InChI=1S/C32H28O5/c1-20(2)16-31(34)36-24-11-8-22(9-12-24)19-35-25-13-15-28-30(18-25)37-29-17-23(33)10-14-27(29)32(28)26-7-5-4-6-21(26)3/h4-15,17-18,20H,16,19H2,1-3H3. The van der Waals surface area contributed by atoms with Gasteiger partial charge in [-0.05, 0) is 65.9 Å². The van der Waals surface area contributed by atoms with Gasteiger partial charge in [0.1, 0.15) is 29.4 Å². The molecule has 1 aliphatic heterocycles. The Morgan fingerprint density at radius 3 is 2.38 bits per heavy atom. The maximum Gasteiger partial charge on any atom is 0.311 e.